The van der Waals surface area contributed by atoms with E-state index in [1.807, 2.05) is 19.9 Å². The first kappa shape index (κ1) is 19.9. The molecule has 1 aliphatic heterocycles. The number of halogens is 2. The summed E-state index contributed by atoms with van der Waals surface area (Å²) in [6.07, 6.45) is 1.41. The number of carbonyl (C=O) groups is 2. The van der Waals surface area contributed by atoms with Crippen molar-refractivity contribution < 1.29 is 23.5 Å². The van der Waals surface area contributed by atoms with Crippen LogP contribution < -0.4 is 4.90 Å². The molecule has 152 valence electrons. The number of carbonyl (C=O) groups excluding carboxylic acids is 2. The van der Waals surface area contributed by atoms with E-state index >= 15 is 0 Å². The Bertz CT molecular complexity index is 1200. The first-order valence-electron chi connectivity index (χ1n) is 9.16. The molecule has 3 aromatic rings. The van der Waals surface area contributed by atoms with Crippen molar-refractivity contribution in [2.45, 2.75) is 19.9 Å². The number of benzene rings is 2. The minimum atomic E-state index is -1.02. The lowest BCUT2D eigenvalue weighted by Crippen LogP contribution is -2.29. The smallest absolute Gasteiger partial charge is 0.300 e. The number of furan rings is 1. The molecule has 0 spiro atoms. The molecule has 0 saturated carbocycles. The van der Waals surface area contributed by atoms with E-state index in [9.17, 15) is 19.1 Å². The number of ketones is 1. The summed E-state index contributed by atoms with van der Waals surface area (Å²) in [5.74, 6) is -2.42. The lowest BCUT2D eigenvalue weighted by atomic mass is 9.97. The number of aryl methyl sites for hydroxylation is 2. The Labute approximate surface area is 177 Å². The van der Waals surface area contributed by atoms with Crippen LogP contribution in [0.4, 0.5) is 10.1 Å². The van der Waals surface area contributed by atoms with Crippen molar-refractivity contribution in [2.75, 3.05) is 4.90 Å². The molecule has 1 unspecified atom stereocenters. The number of hydrogen-bond donors (Lipinski definition) is 1. The minimum Gasteiger partial charge on any atom is -0.507 e. The summed E-state index contributed by atoms with van der Waals surface area (Å²) >= 11 is 5.89. The number of aliphatic hydroxyl groups excluding tert-OH is 1. The van der Waals surface area contributed by atoms with Crippen LogP contribution in [0.2, 0.25) is 5.02 Å². The van der Waals surface area contributed by atoms with E-state index in [1.165, 1.54) is 18.4 Å². The molecule has 2 heterocycles. The molecule has 4 rings (SSSR count). The van der Waals surface area contributed by atoms with Gasteiger partial charge >= 0.3 is 0 Å². The van der Waals surface area contributed by atoms with Crippen LogP contribution >= 0.6 is 11.6 Å². The third-order valence-corrected chi connectivity index (χ3v) is 5.51. The van der Waals surface area contributed by atoms with Crippen molar-refractivity contribution in [3.8, 4) is 0 Å². The molecule has 30 heavy (non-hydrogen) atoms. The summed E-state index contributed by atoms with van der Waals surface area (Å²) in [5, 5.41) is 10.8. The Morgan fingerprint density at radius 3 is 2.50 bits per heavy atom. The minimum absolute atomic E-state index is 0.112. The van der Waals surface area contributed by atoms with E-state index in [1.54, 1.807) is 24.3 Å². The average Bonchev–Trinajstić information content (AvgIpc) is 3.33. The molecule has 1 atom stereocenters. The molecule has 1 saturated heterocycles. The fraction of sp³-hybridized carbons (Fsp3) is 0.130. The number of Topliss-reactive ketones (excluding diaryl/α,β-unsaturated/α-hetero) is 1. The highest BCUT2D eigenvalue weighted by Gasteiger charge is 2.48. The lowest BCUT2D eigenvalue weighted by molar-refractivity contribution is -0.132. The molecule has 0 radical (unpaired) electrons. The maximum absolute atomic E-state index is 13.7. The highest BCUT2D eigenvalue weighted by Crippen LogP contribution is 2.43. The molecule has 1 N–H and O–H groups in total. The van der Waals surface area contributed by atoms with Crippen LogP contribution in [0.5, 0.6) is 0 Å². The van der Waals surface area contributed by atoms with E-state index in [0.717, 1.165) is 22.1 Å². The topological polar surface area (TPSA) is 70.8 Å². The molecule has 1 fully saturated rings. The van der Waals surface area contributed by atoms with Gasteiger partial charge < -0.3 is 9.52 Å². The molecule has 5 nitrogen and oxygen atoms in total. The third-order valence-electron chi connectivity index (χ3n) is 5.22. The summed E-state index contributed by atoms with van der Waals surface area (Å²) in [7, 11) is 0. The van der Waals surface area contributed by atoms with Crippen LogP contribution in [0.25, 0.3) is 5.76 Å². The predicted octanol–water partition coefficient (Wildman–Crippen LogP) is 5.32. The van der Waals surface area contributed by atoms with Crippen LogP contribution in [-0.4, -0.2) is 16.8 Å². The van der Waals surface area contributed by atoms with Crippen molar-refractivity contribution >= 4 is 34.7 Å². The Morgan fingerprint density at radius 1 is 1.10 bits per heavy atom. The van der Waals surface area contributed by atoms with Crippen LogP contribution in [0, 0.1) is 19.7 Å². The highest BCUT2D eigenvalue weighted by atomic mass is 35.5. The molecule has 2 aromatic carbocycles. The fourth-order valence-electron chi connectivity index (χ4n) is 3.49. The molecule has 0 aliphatic carbocycles. The number of rotatable bonds is 3. The first-order chi connectivity index (χ1) is 14.3. The van der Waals surface area contributed by atoms with Gasteiger partial charge in [0.15, 0.2) is 0 Å². The average molecular weight is 426 g/mol. The van der Waals surface area contributed by atoms with Gasteiger partial charge in [0.05, 0.1) is 16.9 Å². The van der Waals surface area contributed by atoms with Crippen LogP contribution in [0.3, 0.4) is 0 Å². The fourth-order valence-corrected chi connectivity index (χ4v) is 3.67. The molecular formula is C23H17ClFNO4. The van der Waals surface area contributed by atoms with E-state index < -0.39 is 23.5 Å². The molecule has 1 amide bonds. The number of nitrogens with zero attached hydrogens (tertiary/aromatic N) is 1. The van der Waals surface area contributed by atoms with Crippen LogP contribution in [0.15, 0.2) is 64.8 Å². The summed E-state index contributed by atoms with van der Waals surface area (Å²) in [6.45, 7) is 3.81. The van der Waals surface area contributed by atoms with E-state index in [-0.39, 0.29) is 27.8 Å². The zero-order valence-electron chi connectivity index (χ0n) is 16.1. The summed E-state index contributed by atoms with van der Waals surface area (Å²) in [5.41, 5.74) is 2.45. The Kier molecular flexibility index (Phi) is 4.95. The van der Waals surface area contributed by atoms with Gasteiger partial charge in [0.25, 0.3) is 11.7 Å². The Morgan fingerprint density at radius 2 is 1.87 bits per heavy atom. The van der Waals surface area contributed by atoms with Crippen molar-refractivity contribution in [1.29, 1.82) is 0 Å². The zero-order chi connectivity index (χ0) is 21.6. The second-order valence-corrected chi connectivity index (χ2v) is 7.49. The Balaban J connectivity index is 1.93. The SMILES string of the molecule is Cc1ccc(/C(O)=C2/C(=O)C(=O)N(c3ccc(F)c(Cl)c3)C2c2ccco2)cc1C. The quantitative estimate of drug-likeness (QED) is 0.350. The maximum Gasteiger partial charge on any atom is 0.300 e. The molecule has 1 aliphatic rings. The van der Waals surface area contributed by atoms with Gasteiger partial charge in [-0.25, -0.2) is 4.39 Å². The second kappa shape index (κ2) is 7.46. The monoisotopic (exact) mass is 425 g/mol. The van der Waals surface area contributed by atoms with E-state index in [4.69, 9.17) is 16.0 Å². The first-order valence-corrected chi connectivity index (χ1v) is 9.54. The highest BCUT2D eigenvalue weighted by molar-refractivity contribution is 6.51. The van der Waals surface area contributed by atoms with E-state index in [2.05, 4.69) is 0 Å². The largest absolute Gasteiger partial charge is 0.507 e. The molecule has 0 bridgehead atoms. The van der Waals surface area contributed by atoms with Gasteiger partial charge in [-0.2, -0.15) is 0 Å². The van der Waals surface area contributed by atoms with Gasteiger partial charge in [-0.1, -0.05) is 23.7 Å². The van der Waals surface area contributed by atoms with Gasteiger partial charge in [-0.15, -0.1) is 0 Å². The van der Waals surface area contributed by atoms with Gasteiger partial charge in [-0.05, 0) is 61.4 Å². The van der Waals surface area contributed by atoms with Gasteiger partial charge in [0, 0.05) is 11.3 Å². The van der Waals surface area contributed by atoms with Crippen LogP contribution in [0.1, 0.15) is 28.5 Å². The number of hydrogen-bond acceptors (Lipinski definition) is 4. The second-order valence-electron chi connectivity index (χ2n) is 7.08. The predicted molar refractivity (Wildman–Crippen MR) is 111 cm³/mol. The van der Waals surface area contributed by atoms with Gasteiger partial charge in [-0.3, -0.25) is 14.5 Å². The summed E-state index contributed by atoms with van der Waals surface area (Å²) < 4.78 is 19.1. The third kappa shape index (κ3) is 3.19. The normalized spacial score (nSPS) is 18.3. The maximum atomic E-state index is 13.7. The van der Waals surface area contributed by atoms with Crippen LogP contribution in [-0.2, 0) is 9.59 Å². The summed E-state index contributed by atoms with van der Waals surface area (Å²) in [6, 6.07) is 11.1. The van der Waals surface area contributed by atoms with Gasteiger partial charge in [0.1, 0.15) is 23.4 Å². The summed E-state index contributed by atoms with van der Waals surface area (Å²) in [4.78, 5) is 27.0. The molecular weight excluding hydrogens is 409 g/mol. The van der Waals surface area contributed by atoms with Crippen molar-refractivity contribution in [3.63, 3.8) is 0 Å². The molecule has 1 aromatic heterocycles. The van der Waals surface area contributed by atoms with Gasteiger partial charge in [0.2, 0.25) is 0 Å². The number of amides is 1. The number of anilines is 1. The molecule has 7 heteroatoms. The van der Waals surface area contributed by atoms with Crippen molar-refractivity contribution in [1.82, 2.24) is 0 Å². The Hall–Kier alpha value is -3.38. The lowest BCUT2D eigenvalue weighted by Gasteiger charge is -2.23. The zero-order valence-corrected chi connectivity index (χ0v) is 16.9. The van der Waals surface area contributed by atoms with Crippen molar-refractivity contribution in [3.05, 3.63) is 93.7 Å². The number of aliphatic hydroxyl groups is 1. The van der Waals surface area contributed by atoms with E-state index in [0.29, 0.717) is 5.56 Å². The van der Waals surface area contributed by atoms with Crippen molar-refractivity contribution in [2.24, 2.45) is 0 Å². The standard InChI is InChI=1S/C23H17ClFNO4/c1-12-5-6-14(10-13(12)2)21(27)19-20(18-4-3-9-30-18)26(23(29)22(19)28)15-7-8-17(25)16(24)11-15/h3-11,20,27H,1-2H3/b21-19-.